The Morgan fingerprint density at radius 1 is 1.13 bits per heavy atom. The number of carboxylic acid groups (broad SMARTS) is 1. The van der Waals surface area contributed by atoms with Gasteiger partial charge in [-0.25, -0.2) is 4.79 Å². The summed E-state index contributed by atoms with van der Waals surface area (Å²) in [7, 11) is 0. The lowest BCUT2D eigenvalue weighted by Crippen LogP contribution is -2.16. The molecule has 0 unspecified atom stereocenters. The Morgan fingerprint density at radius 3 is 2.43 bits per heavy atom. The van der Waals surface area contributed by atoms with Crippen molar-refractivity contribution >= 4 is 35.2 Å². The van der Waals surface area contributed by atoms with E-state index in [9.17, 15) is 9.59 Å². The summed E-state index contributed by atoms with van der Waals surface area (Å²) in [6.45, 7) is 0. The van der Waals surface area contributed by atoms with Crippen LogP contribution in [0.3, 0.4) is 0 Å². The minimum Gasteiger partial charge on any atom is -0.478 e. The number of aromatic carboxylic acids is 1. The molecule has 2 aromatic carbocycles. The van der Waals surface area contributed by atoms with Crippen LogP contribution in [0.4, 0.5) is 5.69 Å². The number of nitriles is 1. The Bertz CT molecular complexity index is 838. The molecule has 23 heavy (non-hydrogen) atoms. The quantitative estimate of drug-likeness (QED) is 0.663. The predicted octanol–water partition coefficient (Wildman–Crippen LogP) is 3.58. The summed E-state index contributed by atoms with van der Waals surface area (Å²) >= 11 is 5.99. The number of rotatable bonds is 4. The van der Waals surface area contributed by atoms with E-state index in [-0.39, 0.29) is 16.8 Å². The number of halogens is 1. The molecule has 114 valence electrons. The van der Waals surface area contributed by atoms with Gasteiger partial charge in [-0.15, -0.1) is 0 Å². The lowest BCUT2D eigenvalue weighted by atomic mass is 10.1. The number of carboxylic acids is 1. The van der Waals surface area contributed by atoms with Crippen molar-refractivity contribution in [1.29, 1.82) is 5.26 Å². The van der Waals surface area contributed by atoms with Gasteiger partial charge in [-0.05, 0) is 29.8 Å². The Hall–Kier alpha value is -3.10. The first-order chi connectivity index (χ1) is 11.0. The average molecular weight is 327 g/mol. The number of amides is 1. The van der Waals surface area contributed by atoms with E-state index < -0.39 is 11.9 Å². The summed E-state index contributed by atoms with van der Waals surface area (Å²) in [5.74, 6) is -1.88. The van der Waals surface area contributed by atoms with Crippen LogP contribution in [0.25, 0.3) is 6.08 Å². The lowest BCUT2D eigenvalue weighted by molar-refractivity contribution is -0.112. The molecule has 2 aromatic rings. The summed E-state index contributed by atoms with van der Waals surface area (Å²) in [6.07, 6.45) is 1.35. The molecular formula is C17H11ClN2O3. The molecule has 0 atom stereocenters. The molecule has 6 heteroatoms. The molecule has 0 aliphatic heterocycles. The Kier molecular flexibility index (Phi) is 5.13. The van der Waals surface area contributed by atoms with Gasteiger partial charge in [0, 0.05) is 5.02 Å². The zero-order valence-electron chi connectivity index (χ0n) is 11.8. The number of para-hydroxylation sites is 1. The number of carbonyl (C=O) groups is 2. The molecule has 0 aliphatic carbocycles. The summed E-state index contributed by atoms with van der Waals surface area (Å²) in [4.78, 5) is 23.3. The highest BCUT2D eigenvalue weighted by Crippen LogP contribution is 2.20. The summed E-state index contributed by atoms with van der Waals surface area (Å²) in [5.41, 5.74) is 0.395. The van der Waals surface area contributed by atoms with E-state index in [1.165, 1.54) is 18.2 Å². The first-order valence-corrected chi connectivity index (χ1v) is 6.90. The number of hydrogen-bond acceptors (Lipinski definition) is 3. The van der Waals surface area contributed by atoms with Gasteiger partial charge < -0.3 is 10.4 Å². The van der Waals surface area contributed by atoms with Crippen molar-refractivity contribution in [1.82, 2.24) is 0 Å². The van der Waals surface area contributed by atoms with Crippen molar-refractivity contribution < 1.29 is 14.7 Å². The van der Waals surface area contributed by atoms with Crippen LogP contribution in [0.5, 0.6) is 0 Å². The van der Waals surface area contributed by atoms with Gasteiger partial charge >= 0.3 is 5.97 Å². The van der Waals surface area contributed by atoms with Gasteiger partial charge in [0.25, 0.3) is 5.91 Å². The fourth-order valence-electron chi connectivity index (χ4n) is 1.86. The summed E-state index contributed by atoms with van der Waals surface area (Å²) in [5, 5.41) is 21.1. The molecule has 1 amide bonds. The number of carbonyl (C=O) groups excluding carboxylic acids is 1. The first-order valence-electron chi connectivity index (χ1n) is 6.53. The second-order valence-corrected chi connectivity index (χ2v) is 4.90. The van der Waals surface area contributed by atoms with Gasteiger partial charge in [0.15, 0.2) is 0 Å². The van der Waals surface area contributed by atoms with Crippen molar-refractivity contribution in [2.45, 2.75) is 0 Å². The maximum absolute atomic E-state index is 12.2. The standard InChI is InChI=1S/C17H11ClN2O3/c18-14-7-3-1-5-11(14)9-12(10-19)16(21)20-15-8-4-2-6-13(15)17(22)23/h1-9H,(H,20,21)(H,22,23). The number of nitrogens with zero attached hydrogens (tertiary/aromatic N) is 1. The van der Waals surface area contributed by atoms with E-state index in [2.05, 4.69) is 5.32 Å². The molecular weight excluding hydrogens is 316 g/mol. The zero-order chi connectivity index (χ0) is 16.8. The monoisotopic (exact) mass is 326 g/mol. The van der Waals surface area contributed by atoms with Gasteiger partial charge in [0.2, 0.25) is 0 Å². The van der Waals surface area contributed by atoms with Crippen molar-refractivity contribution in [2.75, 3.05) is 5.32 Å². The van der Waals surface area contributed by atoms with Crippen molar-refractivity contribution in [3.63, 3.8) is 0 Å². The summed E-state index contributed by atoms with van der Waals surface area (Å²) < 4.78 is 0. The van der Waals surface area contributed by atoms with Gasteiger partial charge in [0.05, 0.1) is 11.3 Å². The third-order valence-electron chi connectivity index (χ3n) is 2.98. The SMILES string of the molecule is N#CC(=Cc1ccccc1Cl)C(=O)Nc1ccccc1C(=O)O. The number of anilines is 1. The maximum Gasteiger partial charge on any atom is 0.337 e. The van der Waals surface area contributed by atoms with Crippen LogP contribution in [-0.2, 0) is 4.79 Å². The van der Waals surface area contributed by atoms with Gasteiger partial charge in [0.1, 0.15) is 11.6 Å². The molecule has 0 aliphatic rings. The number of benzene rings is 2. The van der Waals surface area contributed by atoms with Gasteiger partial charge in [-0.2, -0.15) is 5.26 Å². The molecule has 0 fully saturated rings. The van der Waals surface area contributed by atoms with E-state index in [1.54, 1.807) is 42.5 Å². The molecule has 0 aromatic heterocycles. The number of hydrogen-bond donors (Lipinski definition) is 2. The van der Waals surface area contributed by atoms with E-state index >= 15 is 0 Å². The molecule has 0 saturated heterocycles. The second-order valence-electron chi connectivity index (χ2n) is 4.50. The van der Waals surface area contributed by atoms with Gasteiger partial charge in [-0.1, -0.05) is 41.9 Å². The summed E-state index contributed by atoms with van der Waals surface area (Å²) in [6, 6.07) is 14.5. The molecule has 2 N–H and O–H groups in total. The zero-order valence-corrected chi connectivity index (χ0v) is 12.5. The highest BCUT2D eigenvalue weighted by atomic mass is 35.5. The molecule has 0 radical (unpaired) electrons. The topological polar surface area (TPSA) is 90.2 Å². The van der Waals surface area contributed by atoms with Crippen LogP contribution in [0.15, 0.2) is 54.1 Å². The van der Waals surface area contributed by atoms with Crippen LogP contribution in [0.1, 0.15) is 15.9 Å². The van der Waals surface area contributed by atoms with Crippen LogP contribution in [0, 0.1) is 11.3 Å². The van der Waals surface area contributed by atoms with Crippen LogP contribution in [-0.4, -0.2) is 17.0 Å². The molecule has 0 heterocycles. The highest BCUT2D eigenvalue weighted by Gasteiger charge is 2.15. The van der Waals surface area contributed by atoms with Gasteiger partial charge in [-0.3, -0.25) is 4.79 Å². The molecule has 2 rings (SSSR count). The van der Waals surface area contributed by atoms with Crippen LogP contribution < -0.4 is 5.32 Å². The van der Waals surface area contributed by atoms with Crippen molar-refractivity contribution in [2.24, 2.45) is 0 Å². The van der Waals surface area contributed by atoms with Crippen LogP contribution >= 0.6 is 11.6 Å². The second kappa shape index (κ2) is 7.25. The normalized spacial score (nSPS) is 10.7. The fourth-order valence-corrected chi connectivity index (χ4v) is 2.05. The molecule has 0 saturated carbocycles. The van der Waals surface area contributed by atoms with E-state index in [1.807, 2.05) is 0 Å². The lowest BCUT2D eigenvalue weighted by Gasteiger charge is -2.07. The molecule has 5 nitrogen and oxygen atoms in total. The van der Waals surface area contributed by atoms with E-state index in [4.69, 9.17) is 22.0 Å². The number of nitrogens with one attached hydrogen (secondary N) is 1. The maximum atomic E-state index is 12.2. The Labute approximate surface area is 137 Å². The predicted molar refractivity (Wildman–Crippen MR) is 87.1 cm³/mol. The largest absolute Gasteiger partial charge is 0.478 e. The van der Waals surface area contributed by atoms with E-state index in [0.29, 0.717) is 10.6 Å². The molecule has 0 spiro atoms. The average Bonchev–Trinajstić information content (AvgIpc) is 2.54. The highest BCUT2D eigenvalue weighted by molar-refractivity contribution is 6.32. The van der Waals surface area contributed by atoms with Crippen molar-refractivity contribution in [3.8, 4) is 6.07 Å². The minimum atomic E-state index is -1.17. The smallest absolute Gasteiger partial charge is 0.337 e. The van der Waals surface area contributed by atoms with E-state index in [0.717, 1.165) is 0 Å². The minimum absolute atomic E-state index is 0.0594. The first kappa shape index (κ1) is 16.3. The third-order valence-corrected chi connectivity index (χ3v) is 3.32. The third kappa shape index (κ3) is 3.96. The molecule has 0 bridgehead atoms. The Morgan fingerprint density at radius 2 is 1.78 bits per heavy atom. The fraction of sp³-hybridized carbons (Fsp3) is 0. The Balaban J connectivity index is 2.31. The van der Waals surface area contributed by atoms with Crippen LogP contribution in [0.2, 0.25) is 5.02 Å². The van der Waals surface area contributed by atoms with Crippen molar-refractivity contribution in [3.05, 3.63) is 70.3 Å².